The molecule has 4 nitrogen and oxygen atoms in total. The van der Waals surface area contributed by atoms with Crippen LogP contribution >= 0.6 is 11.6 Å². The number of hydrogen-bond acceptors (Lipinski definition) is 2. The first-order valence-corrected chi connectivity index (χ1v) is 7.77. The average molecular weight is 347 g/mol. The predicted molar refractivity (Wildman–Crippen MR) is 91.7 cm³/mol. The molecule has 0 saturated heterocycles. The molecule has 0 radical (unpaired) electrons. The first-order valence-electron chi connectivity index (χ1n) is 7.40. The summed E-state index contributed by atoms with van der Waals surface area (Å²) in [7, 11) is 0. The summed E-state index contributed by atoms with van der Waals surface area (Å²) in [6, 6.07) is 7.68. The number of carboxylic acid groups (broad SMARTS) is 1. The van der Waals surface area contributed by atoms with Gasteiger partial charge in [0.2, 0.25) is 0 Å². The van der Waals surface area contributed by atoms with E-state index in [1.165, 1.54) is 18.2 Å². The van der Waals surface area contributed by atoms with Crippen LogP contribution < -0.4 is 0 Å². The van der Waals surface area contributed by atoms with Crippen molar-refractivity contribution in [2.24, 2.45) is 0 Å². The van der Waals surface area contributed by atoms with Crippen LogP contribution in [0.15, 0.2) is 36.5 Å². The molecule has 0 unspecified atom stereocenters. The van der Waals surface area contributed by atoms with E-state index in [9.17, 15) is 14.3 Å². The molecule has 0 bridgehead atoms. The molecule has 3 rings (SSSR count). The molecule has 1 N–H and O–H groups in total. The highest BCUT2D eigenvalue weighted by atomic mass is 35.5. The molecule has 0 saturated carbocycles. The fourth-order valence-corrected chi connectivity index (χ4v) is 2.74. The van der Waals surface area contributed by atoms with Crippen LogP contribution in [-0.2, 0) is 5.41 Å². The molecule has 2 heterocycles. The minimum absolute atomic E-state index is 0.0203. The van der Waals surface area contributed by atoms with Crippen LogP contribution in [0.3, 0.4) is 0 Å². The normalized spacial score (nSPS) is 11.9. The minimum atomic E-state index is -1.08. The molecule has 0 aliphatic rings. The van der Waals surface area contributed by atoms with E-state index in [0.29, 0.717) is 16.7 Å². The van der Waals surface area contributed by atoms with Crippen LogP contribution in [0.4, 0.5) is 4.39 Å². The van der Waals surface area contributed by atoms with E-state index >= 15 is 0 Å². The van der Waals surface area contributed by atoms with Crippen LogP contribution in [0.5, 0.6) is 0 Å². The van der Waals surface area contributed by atoms with Gasteiger partial charge in [0.05, 0.1) is 16.1 Å². The van der Waals surface area contributed by atoms with Crippen molar-refractivity contribution in [3.8, 4) is 5.69 Å². The fraction of sp³-hybridized carbons (Fsp3) is 0.222. The molecular weight excluding hydrogens is 331 g/mol. The minimum Gasteiger partial charge on any atom is -0.477 e. The van der Waals surface area contributed by atoms with Gasteiger partial charge in [-0.05, 0) is 35.7 Å². The zero-order valence-corrected chi connectivity index (χ0v) is 14.2. The number of aromatic nitrogens is 2. The topological polar surface area (TPSA) is 55.1 Å². The number of aromatic carboxylic acids is 1. The van der Waals surface area contributed by atoms with Gasteiger partial charge in [0, 0.05) is 17.4 Å². The second-order valence-electron chi connectivity index (χ2n) is 6.63. The zero-order chi connectivity index (χ0) is 17.6. The SMILES string of the molecule is CC(C)(C)c1cn(-c2ccc(Cl)c(F)c2)c2ccc(C(=O)O)nc12. The van der Waals surface area contributed by atoms with E-state index < -0.39 is 11.8 Å². The summed E-state index contributed by atoms with van der Waals surface area (Å²) in [4.78, 5) is 15.5. The maximum absolute atomic E-state index is 13.8. The highest BCUT2D eigenvalue weighted by Crippen LogP contribution is 2.33. The summed E-state index contributed by atoms with van der Waals surface area (Å²) >= 11 is 5.76. The third kappa shape index (κ3) is 2.76. The number of fused-ring (bicyclic) bond motifs is 1. The number of rotatable bonds is 2. The van der Waals surface area contributed by atoms with E-state index in [2.05, 4.69) is 4.98 Å². The van der Waals surface area contributed by atoms with Gasteiger partial charge in [-0.25, -0.2) is 14.2 Å². The summed E-state index contributed by atoms with van der Waals surface area (Å²) in [6.45, 7) is 6.05. The second kappa shape index (κ2) is 5.60. The Labute approximate surface area is 143 Å². The first kappa shape index (κ1) is 16.5. The van der Waals surface area contributed by atoms with Crippen molar-refractivity contribution in [3.05, 3.63) is 58.6 Å². The van der Waals surface area contributed by atoms with Crippen LogP contribution in [-0.4, -0.2) is 20.6 Å². The van der Waals surface area contributed by atoms with Gasteiger partial charge >= 0.3 is 5.97 Å². The molecule has 0 aliphatic heterocycles. The number of benzene rings is 1. The fourth-order valence-electron chi connectivity index (χ4n) is 2.62. The Kier molecular flexibility index (Phi) is 3.84. The lowest BCUT2D eigenvalue weighted by Gasteiger charge is -2.16. The number of halogens is 2. The maximum atomic E-state index is 13.8. The number of nitrogens with zero attached hydrogens (tertiary/aromatic N) is 2. The Bertz CT molecular complexity index is 958. The number of hydrogen-bond donors (Lipinski definition) is 1. The van der Waals surface area contributed by atoms with Gasteiger partial charge in [0.25, 0.3) is 0 Å². The van der Waals surface area contributed by atoms with Crippen LogP contribution in [0.2, 0.25) is 5.02 Å². The quantitative estimate of drug-likeness (QED) is 0.724. The average Bonchev–Trinajstić information content (AvgIpc) is 2.88. The maximum Gasteiger partial charge on any atom is 0.354 e. The number of carboxylic acids is 1. The van der Waals surface area contributed by atoms with Crippen molar-refractivity contribution in [3.63, 3.8) is 0 Å². The summed E-state index contributed by atoms with van der Waals surface area (Å²) in [5.74, 6) is -1.59. The van der Waals surface area contributed by atoms with E-state index in [0.717, 1.165) is 5.56 Å². The Morgan fingerprint density at radius 2 is 1.96 bits per heavy atom. The molecule has 0 amide bonds. The van der Waals surface area contributed by atoms with E-state index in [1.54, 1.807) is 16.7 Å². The van der Waals surface area contributed by atoms with Gasteiger partial charge in [0.1, 0.15) is 11.5 Å². The Morgan fingerprint density at radius 3 is 2.54 bits per heavy atom. The standard InChI is InChI=1S/C18H16ClFN2O2/c1-18(2,3)11-9-22(10-4-5-12(19)13(20)8-10)15-7-6-14(17(23)24)21-16(11)15/h4-9H,1-3H3,(H,23,24). The zero-order valence-electron chi connectivity index (χ0n) is 13.5. The monoisotopic (exact) mass is 346 g/mol. The molecule has 0 fully saturated rings. The molecule has 0 spiro atoms. The van der Waals surface area contributed by atoms with Gasteiger partial charge < -0.3 is 9.67 Å². The first-order chi connectivity index (χ1) is 11.2. The third-order valence-corrected chi connectivity index (χ3v) is 4.16. The van der Waals surface area contributed by atoms with E-state index in [-0.39, 0.29) is 16.1 Å². The highest BCUT2D eigenvalue weighted by Gasteiger charge is 2.23. The molecule has 24 heavy (non-hydrogen) atoms. The summed E-state index contributed by atoms with van der Waals surface area (Å²) in [6.07, 6.45) is 1.87. The largest absolute Gasteiger partial charge is 0.477 e. The Balaban J connectivity index is 2.33. The lowest BCUT2D eigenvalue weighted by Crippen LogP contribution is -2.11. The smallest absolute Gasteiger partial charge is 0.354 e. The summed E-state index contributed by atoms with van der Waals surface area (Å²) in [5.41, 5.74) is 2.52. The van der Waals surface area contributed by atoms with Gasteiger partial charge in [-0.1, -0.05) is 32.4 Å². The van der Waals surface area contributed by atoms with Crippen LogP contribution in [0.25, 0.3) is 16.7 Å². The van der Waals surface area contributed by atoms with E-state index in [1.807, 2.05) is 27.0 Å². The van der Waals surface area contributed by atoms with Gasteiger partial charge in [-0.15, -0.1) is 0 Å². The molecule has 2 aromatic heterocycles. The van der Waals surface area contributed by atoms with Crippen molar-refractivity contribution >= 4 is 28.6 Å². The second-order valence-corrected chi connectivity index (χ2v) is 7.04. The lowest BCUT2D eigenvalue weighted by molar-refractivity contribution is 0.0691. The van der Waals surface area contributed by atoms with Crippen molar-refractivity contribution < 1.29 is 14.3 Å². The van der Waals surface area contributed by atoms with Crippen LogP contribution in [0.1, 0.15) is 36.8 Å². The lowest BCUT2D eigenvalue weighted by atomic mass is 9.88. The summed E-state index contributed by atoms with van der Waals surface area (Å²) < 4.78 is 15.6. The Hall–Kier alpha value is -2.40. The molecule has 0 aliphatic carbocycles. The molecule has 6 heteroatoms. The number of pyridine rings is 1. The highest BCUT2D eigenvalue weighted by molar-refractivity contribution is 6.30. The third-order valence-electron chi connectivity index (χ3n) is 3.86. The Morgan fingerprint density at radius 1 is 1.25 bits per heavy atom. The molecule has 3 aromatic rings. The van der Waals surface area contributed by atoms with E-state index in [4.69, 9.17) is 11.6 Å². The molecule has 1 aromatic carbocycles. The van der Waals surface area contributed by atoms with Crippen molar-refractivity contribution in [1.82, 2.24) is 9.55 Å². The van der Waals surface area contributed by atoms with Gasteiger partial charge in [-0.2, -0.15) is 0 Å². The van der Waals surface area contributed by atoms with Crippen molar-refractivity contribution in [1.29, 1.82) is 0 Å². The number of carbonyl (C=O) groups is 1. The van der Waals surface area contributed by atoms with Crippen molar-refractivity contribution in [2.45, 2.75) is 26.2 Å². The van der Waals surface area contributed by atoms with Crippen molar-refractivity contribution in [2.75, 3.05) is 0 Å². The van der Waals surface area contributed by atoms with Gasteiger partial charge in [-0.3, -0.25) is 0 Å². The summed E-state index contributed by atoms with van der Waals surface area (Å²) in [5, 5.41) is 9.25. The van der Waals surface area contributed by atoms with Crippen LogP contribution in [0, 0.1) is 5.82 Å². The molecule has 124 valence electrons. The molecule has 0 atom stereocenters. The predicted octanol–water partition coefficient (Wildman–Crippen LogP) is 4.81. The van der Waals surface area contributed by atoms with Gasteiger partial charge in [0.15, 0.2) is 0 Å². The molecular formula is C18H16ClFN2O2.